The van der Waals surface area contributed by atoms with Gasteiger partial charge in [-0.15, -0.1) is 0 Å². The van der Waals surface area contributed by atoms with E-state index < -0.39 is 28.9 Å². The third-order valence-electron chi connectivity index (χ3n) is 5.17. The number of aromatic nitrogens is 2. The zero-order valence-electron chi connectivity index (χ0n) is 15.2. The van der Waals surface area contributed by atoms with Crippen molar-refractivity contribution in [2.45, 2.75) is 12.8 Å². The van der Waals surface area contributed by atoms with E-state index in [0.29, 0.717) is 32.1 Å². The topological polar surface area (TPSA) is 52.6 Å². The second kappa shape index (κ2) is 7.65. The Morgan fingerprint density at radius 2 is 1.57 bits per heavy atom. The second-order valence-electron chi connectivity index (χ2n) is 6.91. The molecule has 2 saturated heterocycles. The molecule has 0 unspecified atom stereocenters. The van der Waals surface area contributed by atoms with Crippen molar-refractivity contribution in [3.63, 3.8) is 0 Å². The van der Waals surface area contributed by atoms with E-state index in [0.717, 1.165) is 43.9 Å². The average molecular weight is 391 g/mol. The highest BCUT2D eigenvalue weighted by Crippen LogP contribution is 2.21. The molecule has 1 aromatic heterocycles. The molecule has 4 rings (SSSR count). The van der Waals surface area contributed by atoms with Crippen LogP contribution in [0, 0.1) is 17.5 Å². The van der Waals surface area contributed by atoms with Crippen LogP contribution in [0.5, 0.6) is 0 Å². The van der Waals surface area contributed by atoms with Gasteiger partial charge in [0, 0.05) is 45.5 Å². The maximum atomic E-state index is 13.9. The van der Waals surface area contributed by atoms with Crippen molar-refractivity contribution in [2.75, 3.05) is 49.1 Å². The lowest BCUT2D eigenvalue weighted by atomic mass is 10.1. The lowest BCUT2D eigenvalue weighted by molar-refractivity contribution is 0.0740. The average Bonchev–Trinajstić information content (AvgIpc) is 3.27. The normalized spacial score (nSPS) is 17.3. The number of nitrogens with zero attached hydrogens (tertiary/aromatic N) is 5. The Balaban J connectivity index is 1.43. The van der Waals surface area contributed by atoms with E-state index in [9.17, 15) is 18.0 Å². The lowest BCUT2D eigenvalue weighted by Gasteiger charge is -2.35. The van der Waals surface area contributed by atoms with Gasteiger partial charge in [-0.25, -0.2) is 18.2 Å². The summed E-state index contributed by atoms with van der Waals surface area (Å²) in [5, 5.41) is 0. The highest BCUT2D eigenvalue weighted by atomic mass is 19.2. The largest absolute Gasteiger partial charge is 0.353 e. The number of carbonyl (C=O) groups is 1. The first-order valence-corrected chi connectivity index (χ1v) is 9.30. The van der Waals surface area contributed by atoms with Crippen molar-refractivity contribution in [3.8, 4) is 0 Å². The number of amides is 1. The van der Waals surface area contributed by atoms with Gasteiger partial charge in [0.05, 0.1) is 5.56 Å². The molecule has 2 aromatic rings. The molecule has 1 amide bonds. The van der Waals surface area contributed by atoms with Crippen LogP contribution in [-0.2, 0) is 0 Å². The van der Waals surface area contributed by atoms with Crippen LogP contribution in [0.1, 0.15) is 23.2 Å². The number of rotatable bonds is 3. The van der Waals surface area contributed by atoms with E-state index in [1.54, 1.807) is 6.20 Å². The summed E-state index contributed by atoms with van der Waals surface area (Å²) in [6.07, 6.45) is 3.99. The molecule has 28 heavy (non-hydrogen) atoms. The summed E-state index contributed by atoms with van der Waals surface area (Å²) < 4.78 is 40.4. The highest BCUT2D eigenvalue weighted by Gasteiger charge is 2.27. The van der Waals surface area contributed by atoms with Crippen LogP contribution in [0.3, 0.4) is 0 Å². The predicted octanol–water partition coefficient (Wildman–Crippen LogP) is 2.46. The number of hydrogen-bond acceptors (Lipinski definition) is 5. The maximum absolute atomic E-state index is 13.9. The number of anilines is 2. The Morgan fingerprint density at radius 1 is 0.857 bits per heavy atom. The summed E-state index contributed by atoms with van der Waals surface area (Å²) in [4.78, 5) is 27.1. The van der Waals surface area contributed by atoms with Crippen molar-refractivity contribution in [1.29, 1.82) is 0 Å². The van der Waals surface area contributed by atoms with Crippen molar-refractivity contribution in [1.82, 2.24) is 14.9 Å². The van der Waals surface area contributed by atoms with Crippen LogP contribution in [0.4, 0.5) is 24.9 Å². The minimum absolute atomic E-state index is 0.334. The van der Waals surface area contributed by atoms with Crippen molar-refractivity contribution in [3.05, 3.63) is 47.4 Å². The molecule has 2 fully saturated rings. The fourth-order valence-electron chi connectivity index (χ4n) is 3.58. The van der Waals surface area contributed by atoms with E-state index in [4.69, 9.17) is 0 Å². The van der Waals surface area contributed by atoms with E-state index in [1.165, 1.54) is 4.90 Å². The number of hydrogen-bond donors (Lipinski definition) is 0. The molecule has 0 bridgehead atoms. The van der Waals surface area contributed by atoms with Gasteiger partial charge in [0.1, 0.15) is 5.82 Å². The fraction of sp³-hybridized carbons (Fsp3) is 0.421. The highest BCUT2D eigenvalue weighted by molar-refractivity contribution is 5.94. The molecule has 0 spiro atoms. The van der Waals surface area contributed by atoms with E-state index in [1.807, 2.05) is 11.0 Å². The van der Waals surface area contributed by atoms with Gasteiger partial charge in [-0.2, -0.15) is 4.98 Å². The first kappa shape index (κ1) is 18.5. The summed E-state index contributed by atoms with van der Waals surface area (Å²) in [7, 11) is 0. The van der Waals surface area contributed by atoms with Crippen LogP contribution < -0.4 is 9.80 Å². The first-order chi connectivity index (χ1) is 13.5. The van der Waals surface area contributed by atoms with Gasteiger partial charge in [0.15, 0.2) is 17.5 Å². The Kier molecular flexibility index (Phi) is 5.06. The molecule has 0 saturated carbocycles. The summed E-state index contributed by atoms with van der Waals surface area (Å²) in [5.41, 5.74) is -0.453. The van der Waals surface area contributed by atoms with Crippen LogP contribution in [0.15, 0.2) is 24.4 Å². The minimum atomic E-state index is -1.63. The first-order valence-electron chi connectivity index (χ1n) is 9.30. The van der Waals surface area contributed by atoms with Gasteiger partial charge in [-0.05, 0) is 31.0 Å². The van der Waals surface area contributed by atoms with Crippen molar-refractivity contribution >= 4 is 17.7 Å². The molecular weight excluding hydrogens is 371 g/mol. The molecule has 0 atom stereocenters. The van der Waals surface area contributed by atoms with E-state index in [-0.39, 0.29) is 0 Å². The molecule has 0 radical (unpaired) electrons. The van der Waals surface area contributed by atoms with Crippen molar-refractivity contribution in [2.24, 2.45) is 0 Å². The van der Waals surface area contributed by atoms with Gasteiger partial charge in [0.2, 0.25) is 5.95 Å². The molecule has 9 heteroatoms. The monoisotopic (exact) mass is 391 g/mol. The molecule has 0 N–H and O–H groups in total. The van der Waals surface area contributed by atoms with E-state index in [2.05, 4.69) is 14.9 Å². The molecule has 148 valence electrons. The number of halogens is 3. The molecule has 6 nitrogen and oxygen atoms in total. The van der Waals surface area contributed by atoms with Gasteiger partial charge in [0.25, 0.3) is 5.91 Å². The van der Waals surface area contributed by atoms with Crippen LogP contribution in [0.25, 0.3) is 0 Å². The Labute approximate surface area is 160 Å². The molecule has 2 aliphatic rings. The maximum Gasteiger partial charge on any atom is 0.257 e. The van der Waals surface area contributed by atoms with Gasteiger partial charge >= 0.3 is 0 Å². The molecule has 3 heterocycles. The van der Waals surface area contributed by atoms with Gasteiger partial charge in [-0.3, -0.25) is 4.79 Å². The zero-order chi connectivity index (χ0) is 19.7. The summed E-state index contributed by atoms with van der Waals surface area (Å²) in [6.45, 7) is 3.58. The quantitative estimate of drug-likeness (QED) is 0.753. The summed E-state index contributed by atoms with van der Waals surface area (Å²) in [6, 6.07) is 3.57. The third kappa shape index (κ3) is 3.48. The lowest BCUT2D eigenvalue weighted by Crippen LogP contribution is -2.49. The third-order valence-corrected chi connectivity index (χ3v) is 5.17. The molecule has 1 aromatic carbocycles. The Bertz CT molecular complexity index is 880. The van der Waals surface area contributed by atoms with E-state index >= 15 is 0 Å². The Hall–Kier alpha value is -2.84. The fourth-order valence-corrected chi connectivity index (χ4v) is 3.58. The second-order valence-corrected chi connectivity index (χ2v) is 6.91. The zero-order valence-corrected chi connectivity index (χ0v) is 15.2. The predicted molar refractivity (Wildman–Crippen MR) is 97.9 cm³/mol. The van der Waals surface area contributed by atoms with Gasteiger partial charge < -0.3 is 14.7 Å². The minimum Gasteiger partial charge on any atom is -0.353 e. The standard InChI is InChI=1S/C19H20F3N5O/c20-14-4-3-13(16(21)17(14)22)18(28)26-11-9-25(10-12-26)15-5-6-23-19(24-15)27-7-1-2-8-27/h3-6H,1-2,7-12H2. The van der Waals surface area contributed by atoms with Crippen LogP contribution in [0.2, 0.25) is 0 Å². The SMILES string of the molecule is O=C(c1ccc(F)c(F)c1F)N1CCN(c2ccnc(N3CCCC3)n2)CC1. The number of benzene rings is 1. The smallest absolute Gasteiger partial charge is 0.257 e. The molecule has 0 aliphatic carbocycles. The summed E-state index contributed by atoms with van der Waals surface area (Å²) >= 11 is 0. The van der Waals surface area contributed by atoms with Crippen LogP contribution >= 0.6 is 0 Å². The molecule has 2 aliphatic heterocycles. The Morgan fingerprint density at radius 3 is 2.29 bits per heavy atom. The number of carbonyl (C=O) groups excluding carboxylic acids is 1. The van der Waals surface area contributed by atoms with Crippen molar-refractivity contribution < 1.29 is 18.0 Å². The summed E-state index contributed by atoms with van der Waals surface area (Å²) in [5.74, 6) is -3.54. The number of piperazine rings is 1. The van der Waals surface area contributed by atoms with Crippen LogP contribution in [-0.4, -0.2) is 60.0 Å². The van der Waals surface area contributed by atoms with Gasteiger partial charge in [-0.1, -0.05) is 0 Å². The molecular formula is C19H20F3N5O.